The summed E-state index contributed by atoms with van der Waals surface area (Å²) in [6.45, 7) is 2.00. The molecule has 2 unspecified atom stereocenters. The number of esters is 1. The first-order chi connectivity index (χ1) is 11.3. The van der Waals surface area contributed by atoms with Crippen molar-refractivity contribution in [3.8, 4) is 0 Å². The van der Waals surface area contributed by atoms with Crippen molar-refractivity contribution < 1.29 is 9.53 Å². The van der Waals surface area contributed by atoms with Gasteiger partial charge in [0, 0.05) is 12.6 Å². The van der Waals surface area contributed by atoms with Crippen LogP contribution in [0.25, 0.3) is 0 Å². The molecule has 2 aromatic rings. The summed E-state index contributed by atoms with van der Waals surface area (Å²) >= 11 is 0. The summed E-state index contributed by atoms with van der Waals surface area (Å²) in [6, 6.07) is 20.6. The highest BCUT2D eigenvalue weighted by Gasteiger charge is 2.42. The van der Waals surface area contributed by atoms with Crippen LogP contribution in [-0.4, -0.2) is 30.0 Å². The fourth-order valence-electron chi connectivity index (χ4n) is 3.65. The molecule has 2 aliphatic rings. The van der Waals surface area contributed by atoms with E-state index in [0.29, 0.717) is 6.04 Å². The predicted molar refractivity (Wildman–Crippen MR) is 88.9 cm³/mol. The van der Waals surface area contributed by atoms with Crippen LogP contribution in [0.4, 0.5) is 0 Å². The Morgan fingerprint density at radius 2 is 1.61 bits per heavy atom. The van der Waals surface area contributed by atoms with Crippen molar-refractivity contribution in [2.75, 3.05) is 13.1 Å². The minimum absolute atomic E-state index is 0.0254. The number of carbonyl (C=O) groups is 1. The topological polar surface area (TPSA) is 29.5 Å². The van der Waals surface area contributed by atoms with E-state index in [1.165, 1.54) is 6.42 Å². The molecule has 2 saturated heterocycles. The van der Waals surface area contributed by atoms with Gasteiger partial charge in [0.15, 0.2) is 6.10 Å². The quantitative estimate of drug-likeness (QED) is 0.811. The van der Waals surface area contributed by atoms with Gasteiger partial charge in [-0.05, 0) is 30.5 Å². The van der Waals surface area contributed by atoms with Gasteiger partial charge in [0.2, 0.25) is 0 Å². The number of benzene rings is 2. The summed E-state index contributed by atoms with van der Waals surface area (Å²) in [7, 11) is 0. The van der Waals surface area contributed by atoms with Crippen LogP contribution < -0.4 is 0 Å². The maximum Gasteiger partial charge on any atom is 0.311 e. The van der Waals surface area contributed by atoms with Crippen LogP contribution in [0.1, 0.15) is 30.1 Å². The lowest BCUT2D eigenvalue weighted by Gasteiger charge is -2.34. The van der Waals surface area contributed by atoms with E-state index in [1.807, 2.05) is 60.7 Å². The second-order valence-electron chi connectivity index (χ2n) is 6.51. The summed E-state index contributed by atoms with van der Waals surface area (Å²) in [5.74, 6) is -0.0328. The molecule has 23 heavy (non-hydrogen) atoms. The van der Waals surface area contributed by atoms with Crippen molar-refractivity contribution in [1.29, 1.82) is 0 Å². The van der Waals surface area contributed by atoms with Crippen molar-refractivity contribution in [3.63, 3.8) is 0 Å². The minimum atomic E-state index is -0.321. The molecule has 2 aromatic carbocycles. The van der Waals surface area contributed by atoms with E-state index in [9.17, 15) is 4.79 Å². The molecule has 0 radical (unpaired) electrons. The second-order valence-corrected chi connectivity index (χ2v) is 6.51. The SMILES string of the molecule is O=C(OC(c1ccccc1)c1ccccc1)C1CC2CCN2C1. The molecule has 0 amide bonds. The summed E-state index contributed by atoms with van der Waals surface area (Å²) < 4.78 is 5.97. The Labute approximate surface area is 136 Å². The first kappa shape index (κ1) is 14.5. The highest BCUT2D eigenvalue weighted by Crippen LogP contribution is 2.35. The van der Waals surface area contributed by atoms with Gasteiger partial charge in [-0.25, -0.2) is 0 Å². The van der Waals surface area contributed by atoms with Gasteiger partial charge in [0.25, 0.3) is 0 Å². The van der Waals surface area contributed by atoms with Crippen LogP contribution in [0.2, 0.25) is 0 Å². The molecule has 2 atom stereocenters. The average Bonchev–Trinajstić information content (AvgIpc) is 2.89. The normalized spacial score (nSPS) is 23.3. The second kappa shape index (κ2) is 6.17. The number of fused-ring (bicyclic) bond motifs is 1. The van der Waals surface area contributed by atoms with E-state index in [-0.39, 0.29) is 18.0 Å². The summed E-state index contributed by atoms with van der Waals surface area (Å²) in [5, 5.41) is 0. The Morgan fingerprint density at radius 1 is 1.00 bits per heavy atom. The number of rotatable bonds is 4. The Balaban J connectivity index is 1.55. The minimum Gasteiger partial charge on any atom is -0.452 e. The maximum absolute atomic E-state index is 12.7. The molecule has 2 heterocycles. The molecular formula is C20H21NO2. The Kier molecular flexibility index (Phi) is 3.88. The maximum atomic E-state index is 12.7. The lowest BCUT2D eigenvalue weighted by molar-refractivity contribution is -0.152. The highest BCUT2D eigenvalue weighted by atomic mass is 16.5. The van der Waals surface area contributed by atoms with Gasteiger partial charge in [-0.3, -0.25) is 9.69 Å². The molecule has 0 saturated carbocycles. The van der Waals surface area contributed by atoms with Crippen LogP contribution in [0, 0.1) is 5.92 Å². The molecule has 118 valence electrons. The van der Waals surface area contributed by atoms with Gasteiger partial charge in [0.05, 0.1) is 5.92 Å². The van der Waals surface area contributed by atoms with E-state index < -0.39 is 0 Å². The molecule has 0 aromatic heterocycles. The van der Waals surface area contributed by atoms with Crippen LogP contribution >= 0.6 is 0 Å². The van der Waals surface area contributed by atoms with Gasteiger partial charge < -0.3 is 4.74 Å². The van der Waals surface area contributed by atoms with Crippen molar-refractivity contribution in [1.82, 2.24) is 4.90 Å². The molecule has 0 bridgehead atoms. The first-order valence-corrected chi connectivity index (χ1v) is 8.35. The standard InChI is InChI=1S/C20H21NO2/c22-20(17-13-18-11-12-21(18)14-17)23-19(15-7-3-1-4-8-15)16-9-5-2-6-10-16/h1-10,17-19H,11-14H2. The monoisotopic (exact) mass is 307 g/mol. The van der Waals surface area contributed by atoms with E-state index in [1.54, 1.807) is 0 Å². The summed E-state index contributed by atoms with van der Waals surface area (Å²) in [6.07, 6.45) is 1.86. The summed E-state index contributed by atoms with van der Waals surface area (Å²) in [5.41, 5.74) is 2.04. The molecule has 0 spiro atoms. The average molecular weight is 307 g/mol. The van der Waals surface area contributed by atoms with Crippen molar-refractivity contribution in [2.45, 2.75) is 25.0 Å². The predicted octanol–water partition coefficient (Wildman–Crippen LogP) is 3.41. The fraction of sp³-hybridized carbons (Fsp3) is 0.350. The van der Waals surface area contributed by atoms with Crippen LogP contribution in [0.3, 0.4) is 0 Å². The van der Waals surface area contributed by atoms with Crippen LogP contribution in [0.5, 0.6) is 0 Å². The third-order valence-corrected chi connectivity index (χ3v) is 5.05. The lowest BCUT2D eigenvalue weighted by atomic mass is 9.99. The number of ether oxygens (including phenoxy) is 1. The van der Waals surface area contributed by atoms with Crippen LogP contribution in [-0.2, 0) is 9.53 Å². The van der Waals surface area contributed by atoms with Crippen molar-refractivity contribution >= 4 is 5.97 Å². The number of carbonyl (C=O) groups excluding carboxylic acids is 1. The largest absolute Gasteiger partial charge is 0.452 e. The van der Waals surface area contributed by atoms with Crippen LogP contribution in [0.15, 0.2) is 60.7 Å². The number of nitrogens with zero attached hydrogens (tertiary/aromatic N) is 1. The van der Waals surface area contributed by atoms with E-state index >= 15 is 0 Å². The van der Waals surface area contributed by atoms with Gasteiger partial charge in [-0.1, -0.05) is 60.7 Å². The first-order valence-electron chi connectivity index (χ1n) is 8.35. The van der Waals surface area contributed by atoms with E-state index in [4.69, 9.17) is 4.74 Å². The number of hydrogen-bond donors (Lipinski definition) is 0. The smallest absolute Gasteiger partial charge is 0.311 e. The van der Waals surface area contributed by atoms with E-state index in [2.05, 4.69) is 4.90 Å². The molecule has 0 N–H and O–H groups in total. The van der Waals surface area contributed by atoms with Gasteiger partial charge in [-0.2, -0.15) is 0 Å². The Bertz CT molecular complexity index is 619. The molecule has 3 nitrogen and oxygen atoms in total. The molecule has 2 fully saturated rings. The Morgan fingerprint density at radius 3 is 2.04 bits per heavy atom. The van der Waals surface area contributed by atoms with Crippen molar-refractivity contribution in [3.05, 3.63) is 71.8 Å². The highest BCUT2D eigenvalue weighted by molar-refractivity contribution is 5.74. The Hall–Kier alpha value is -2.13. The molecular weight excluding hydrogens is 286 g/mol. The zero-order valence-electron chi connectivity index (χ0n) is 13.1. The van der Waals surface area contributed by atoms with Gasteiger partial charge in [0.1, 0.15) is 0 Å². The summed E-state index contributed by atoms with van der Waals surface area (Å²) in [4.78, 5) is 15.1. The third kappa shape index (κ3) is 2.89. The molecule has 2 aliphatic heterocycles. The van der Waals surface area contributed by atoms with Gasteiger partial charge in [-0.15, -0.1) is 0 Å². The third-order valence-electron chi connectivity index (χ3n) is 5.05. The number of hydrogen-bond acceptors (Lipinski definition) is 3. The molecule has 3 heteroatoms. The van der Waals surface area contributed by atoms with Gasteiger partial charge >= 0.3 is 5.97 Å². The molecule has 4 rings (SSSR count). The lowest BCUT2D eigenvalue weighted by Crippen LogP contribution is -2.42. The zero-order valence-corrected chi connectivity index (χ0v) is 13.1. The zero-order chi connectivity index (χ0) is 15.6. The molecule has 0 aliphatic carbocycles. The fourth-order valence-corrected chi connectivity index (χ4v) is 3.65. The van der Waals surface area contributed by atoms with E-state index in [0.717, 1.165) is 30.6 Å². The van der Waals surface area contributed by atoms with Crippen molar-refractivity contribution in [2.24, 2.45) is 5.92 Å².